The van der Waals surface area contributed by atoms with Crippen LogP contribution in [0, 0.1) is 51.1 Å². The maximum Gasteiger partial charge on any atom is 0.308 e. The first kappa shape index (κ1) is 29.9. The molecule has 202 valence electrons. The zero-order chi connectivity index (χ0) is 28.0. The van der Waals surface area contributed by atoms with Gasteiger partial charge in [0.2, 0.25) is 5.91 Å². The molecule has 2 rings (SSSR count). The van der Waals surface area contributed by atoms with E-state index >= 15 is 8.78 Å². The molecule has 0 spiro atoms. The fraction of sp³-hybridized carbons (Fsp3) is 0.448. The second-order valence-corrected chi connectivity index (χ2v) is 9.73. The van der Waals surface area contributed by atoms with E-state index < -0.39 is 53.4 Å². The van der Waals surface area contributed by atoms with Gasteiger partial charge in [0.1, 0.15) is 23.5 Å². The van der Waals surface area contributed by atoms with Gasteiger partial charge in [-0.25, -0.2) is 13.2 Å². The molecule has 1 amide bonds. The SMILES string of the molecule is C=CNC(CC(C)C)C(=O)N[C@@H](CC(=O)OCC)c1c(F)c(C)cc(-c2c(C)cc(C)c(F)c2C)c1F. The summed E-state index contributed by atoms with van der Waals surface area (Å²) in [5.41, 5.74) is 1.18. The highest BCUT2D eigenvalue weighted by molar-refractivity contribution is 5.83. The van der Waals surface area contributed by atoms with Crippen LogP contribution in [0.3, 0.4) is 0 Å². The molecule has 0 saturated heterocycles. The Labute approximate surface area is 217 Å². The van der Waals surface area contributed by atoms with Crippen molar-refractivity contribution in [1.82, 2.24) is 10.6 Å². The van der Waals surface area contributed by atoms with Gasteiger partial charge in [-0.2, -0.15) is 0 Å². The van der Waals surface area contributed by atoms with Crippen LogP contribution in [0.4, 0.5) is 13.2 Å². The number of amides is 1. The van der Waals surface area contributed by atoms with Crippen molar-refractivity contribution in [3.8, 4) is 11.1 Å². The van der Waals surface area contributed by atoms with Crippen molar-refractivity contribution in [2.75, 3.05) is 6.61 Å². The lowest BCUT2D eigenvalue weighted by Crippen LogP contribution is -2.45. The third-order valence-corrected chi connectivity index (χ3v) is 6.25. The molecule has 0 heterocycles. The van der Waals surface area contributed by atoms with E-state index in [0.717, 1.165) is 0 Å². The van der Waals surface area contributed by atoms with Gasteiger partial charge >= 0.3 is 5.97 Å². The number of benzene rings is 2. The molecule has 1 unspecified atom stereocenters. The number of rotatable bonds is 11. The number of aryl methyl sites for hydroxylation is 3. The quantitative estimate of drug-likeness (QED) is 0.345. The zero-order valence-electron chi connectivity index (χ0n) is 22.7. The summed E-state index contributed by atoms with van der Waals surface area (Å²) < 4.78 is 51.6. The molecule has 0 aliphatic carbocycles. The lowest BCUT2D eigenvalue weighted by Gasteiger charge is -2.26. The Hall–Kier alpha value is -3.29. The van der Waals surface area contributed by atoms with Crippen LogP contribution >= 0.6 is 0 Å². The largest absolute Gasteiger partial charge is 0.466 e. The molecule has 0 fully saturated rings. The molecular weight excluding hydrogens is 481 g/mol. The highest BCUT2D eigenvalue weighted by atomic mass is 19.1. The van der Waals surface area contributed by atoms with E-state index in [2.05, 4.69) is 17.2 Å². The molecule has 0 radical (unpaired) electrons. The van der Waals surface area contributed by atoms with Crippen molar-refractivity contribution < 1.29 is 27.5 Å². The third-order valence-electron chi connectivity index (χ3n) is 6.25. The molecule has 8 heteroatoms. The molecule has 0 saturated carbocycles. The number of carbonyl (C=O) groups excluding carboxylic acids is 2. The Kier molecular flexibility index (Phi) is 10.3. The Bertz CT molecular complexity index is 1180. The molecule has 2 N–H and O–H groups in total. The number of esters is 1. The minimum Gasteiger partial charge on any atom is -0.466 e. The minimum atomic E-state index is -1.36. The van der Waals surface area contributed by atoms with Gasteiger partial charge < -0.3 is 15.4 Å². The second kappa shape index (κ2) is 12.8. The lowest BCUT2D eigenvalue weighted by atomic mass is 9.88. The van der Waals surface area contributed by atoms with Crippen LogP contribution in [0.2, 0.25) is 0 Å². The van der Waals surface area contributed by atoms with Gasteiger partial charge in [-0.05, 0) is 87.0 Å². The first-order valence-corrected chi connectivity index (χ1v) is 12.4. The maximum atomic E-state index is 16.2. The summed E-state index contributed by atoms with van der Waals surface area (Å²) in [6.45, 7) is 15.5. The highest BCUT2D eigenvalue weighted by Crippen LogP contribution is 2.38. The van der Waals surface area contributed by atoms with Gasteiger partial charge in [0.15, 0.2) is 0 Å². The molecular formula is C29H37F3N2O3. The number of carbonyl (C=O) groups is 2. The highest BCUT2D eigenvalue weighted by Gasteiger charge is 2.31. The summed E-state index contributed by atoms with van der Waals surface area (Å²) in [5.74, 6) is -3.47. The monoisotopic (exact) mass is 518 g/mol. The summed E-state index contributed by atoms with van der Waals surface area (Å²) >= 11 is 0. The lowest BCUT2D eigenvalue weighted by molar-refractivity contribution is -0.143. The van der Waals surface area contributed by atoms with E-state index in [1.54, 1.807) is 26.8 Å². The molecule has 2 aromatic rings. The van der Waals surface area contributed by atoms with Crippen LogP contribution in [-0.2, 0) is 14.3 Å². The molecule has 2 aromatic carbocycles. The standard InChI is InChI=1S/C29H37F3N2O3/c1-9-33-22(11-15(3)4)29(36)34-21(14-23(35)37-10-2)25-27(31)18(7)13-20(28(25)32)24-16(5)12-17(6)26(30)19(24)8/h9,12-13,15,21-22,33H,1,10-11,14H2,2-8H3,(H,34,36)/t21-,22?/m0/s1. The third kappa shape index (κ3) is 6.93. The summed E-state index contributed by atoms with van der Waals surface area (Å²) in [7, 11) is 0. The smallest absolute Gasteiger partial charge is 0.308 e. The van der Waals surface area contributed by atoms with Gasteiger partial charge in [0.05, 0.1) is 19.1 Å². The second-order valence-electron chi connectivity index (χ2n) is 9.73. The topological polar surface area (TPSA) is 67.4 Å². The molecule has 37 heavy (non-hydrogen) atoms. The number of ether oxygens (including phenoxy) is 1. The van der Waals surface area contributed by atoms with Crippen molar-refractivity contribution in [2.45, 2.75) is 73.4 Å². The van der Waals surface area contributed by atoms with Crippen molar-refractivity contribution >= 4 is 11.9 Å². The van der Waals surface area contributed by atoms with Crippen molar-refractivity contribution in [3.05, 3.63) is 70.2 Å². The van der Waals surface area contributed by atoms with Crippen molar-refractivity contribution in [1.29, 1.82) is 0 Å². The Balaban J connectivity index is 2.72. The van der Waals surface area contributed by atoms with Gasteiger partial charge in [0, 0.05) is 11.1 Å². The normalized spacial score (nSPS) is 12.7. The van der Waals surface area contributed by atoms with Gasteiger partial charge in [-0.3, -0.25) is 9.59 Å². The van der Waals surface area contributed by atoms with Crippen LogP contribution in [-0.4, -0.2) is 24.5 Å². The van der Waals surface area contributed by atoms with Crippen LogP contribution in [0.15, 0.2) is 24.9 Å². The average Bonchev–Trinajstić information content (AvgIpc) is 2.80. The molecule has 5 nitrogen and oxygen atoms in total. The van der Waals surface area contributed by atoms with E-state index in [1.807, 2.05) is 13.8 Å². The predicted octanol–water partition coefficient (Wildman–Crippen LogP) is 6.26. The van der Waals surface area contributed by atoms with Crippen LogP contribution < -0.4 is 10.6 Å². The molecule has 0 aromatic heterocycles. The summed E-state index contributed by atoms with van der Waals surface area (Å²) in [6.07, 6.45) is 1.31. The Morgan fingerprint density at radius 3 is 2.19 bits per heavy atom. The number of halogens is 3. The summed E-state index contributed by atoms with van der Waals surface area (Å²) in [6, 6.07) is 0.836. The van der Waals surface area contributed by atoms with E-state index in [0.29, 0.717) is 23.1 Å². The zero-order valence-corrected chi connectivity index (χ0v) is 22.7. The fourth-order valence-corrected chi connectivity index (χ4v) is 4.61. The number of hydrogen-bond acceptors (Lipinski definition) is 4. The first-order chi connectivity index (χ1) is 17.3. The van der Waals surface area contributed by atoms with Crippen molar-refractivity contribution in [3.63, 3.8) is 0 Å². The van der Waals surface area contributed by atoms with Gasteiger partial charge in [-0.1, -0.05) is 26.5 Å². The van der Waals surface area contributed by atoms with Crippen LogP contribution in [0.5, 0.6) is 0 Å². The average molecular weight is 519 g/mol. The Morgan fingerprint density at radius 2 is 1.62 bits per heavy atom. The van der Waals surface area contributed by atoms with E-state index in [1.165, 1.54) is 26.1 Å². The van der Waals surface area contributed by atoms with Crippen LogP contribution in [0.1, 0.15) is 67.5 Å². The van der Waals surface area contributed by atoms with Crippen molar-refractivity contribution in [2.24, 2.45) is 5.92 Å². The van der Waals surface area contributed by atoms with E-state index in [4.69, 9.17) is 4.74 Å². The summed E-state index contributed by atoms with van der Waals surface area (Å²) in [5, 5.41) is 5.51. The summed E-state index contributed by atoms with van der Waals surface area (Å²) in [4.78, 5) is 25.6. The maximum absolute atomic E-state index is 16.2. The van der Waals surface area contributed by atoms with E-state index in [-0.39, 0.29) is 29.2 Å². The number of nitrogens with one attached hydrogen (secondary N) is 2. The van der Waals surface area contributed by atoms with Gasteiger partial charge in [0.25, 0.3) is 0 Å². The fourth-order valence-electron chi connectivity index (χ4n) is 4.61. The van der Waals surface area contributed by atoms with Gasteiger partial charge in [-0.15, -0.1) is 0 Å². The van der Waals surface area contributed by atoms with Crippen LogP contribution in [0.25, 0.3) is 11.1 Å². The Morgan fingerprint density at radius 1 is 1.00 bits per heavy atom. The van der Waals surface area contributed by atoms with E-state index in [9.17, 15) is 14.0 Å². The molecule has 0 aliphatic heterocycles. The molecule has 0 aliphatic rings. The molecule has 0 bridgehead atoms. The molecule has 2 atom stereocenters. The number of hydrogen-bond donors (Lipinski definition) is 2. The predicted molar refractivity (Wildman–Crippen MR) is 139 cm³/mol. The minimum absolute atomic E-state index is 0.00569. The first-order valence-electron chi connectivity index (χ1n) is 12.4.